The molecule has 1 aliphatic rings. The van der Waals surface area contributed by atoms with Crippen molar-refractivity contribution in [3.63, 3.8) is 0 Å². The summed E-state index contributed by atoms with van der Waals surface area (Å²) in [5, 5.41) is 0. The van der Waals surface area contributed by atoms with Gasteiger partial charge in [-0.1, -0.05) is 153 Å². The van der Waals surface area contributed by atoms with E-state index in [0.29, 0.717) is 0 Å². The maximum Gasteiger partial charge on any atom is 0.0543 e. The van der Waals surface area contributed by atoms with Gasteiger partial charge in [-0.2, -0.15) is 0 Å². The molecule has 8 rings (SSSR count). The van der Waals surface area contributed by atoms with Crippen molar-refractivity contribution in [1.29, 1.82) is 0 Å². The summed E-state index contributed by atoms with van der Waals surface area (Å²) in [7, 11) is 0. The van der Waals surface area contributed by atoms with Gasteiger partial charge >= 0.3 is 0 Å². The van der Waals surface area contributed by atoms with E-state index >= 15 is 0 Å². The first-order valence-electron chi connectivity index (χ1n) is 16.9. The van der Waals surface area contributed by atoms with Gasteiger partial charge < -0.3 is 4.90 Å². The Labute approximate surface area is 284 Å². The van der Waals surface area contributed by atoms with Gasteiger partial charge in [0.2, 0.25) is 0 Å². The molecule has 1 heteroatoms. The predicted molar refractivity (Wildman–Crippen MR) is 204 cm³/mol. The summed E-state index contributed by atoms with van der Waals surface area (Å²) >= 11 is 0. The van der Waals surface area contributed by atoms with Gasteiger partial charge in [0, 0.05) is 22.4 Å². The summed E-state index contributed by atoms with van der Waals surface area (Å²) in [4.78, 5) is 2.49. The molecule has 48 heavy (non-hydrogen) atoms. The topological polar surface area (TPSA) is 3.24 Å². The van der Waals surface area contributed by atoms with Crippen LogP contribution in [-0.4, -0.2) is 0 Å². The molecule has 0 saturated heterocycles. The van der Waals surface area contributed by atoms with Crippen molar-refractivity contribution >= 4 is 17.1 Å². The van der Waals surface area contributed by atoms with Crippen LogP contribution in [0.4, 0.5) is 17.1 Å². The third-order valence-electron chi connectivity index (χ3n) is 10.3. The first-order valence-corrected chi connectivity index (χ1v) is 16.9. The largest absolute Gasteiger partial charge is 0.310 e. The summed E-state index contributed by atoms with van der Waals surface area (Å²) in [6.07, 6.45) is 0. The minimum atomic E-state index is -0.0867. The number of benzene rings is 7. The van der Waals surface area contributed by atoms with E-state index in [1.165, 1.54) is 78.1 Å². The average Bonchev–Trinajstić information content (AvgIpc) is 3.37. The summed E-state index contributed by atoms with van der Waals surface area (Å²) in [5.74, 6) is 0. The predicted octanol–water partition coefficient (Wildman–Crippen LogP) is 13.1. The quantitative estimate of drug-likeness (QED) is 0.179. The zero-order chi connectivity index (χ0) is 32.8. The summed E-state index contributed by atoms with van der Waals surface area (Å²) in [5.41, 5.74) is 18.8. The van der Waals surface area contributed by atoms with Crippen LogP contribution in [0.1, 0.15) is 36.1 Å². The second-order valence-corrected chi connectivity index (χ2v) is 13.4. The van der Waals surface area contributed by atoms with Crippen LogP contribution in [0.5, 0.6) is 0 Å². The monoisotopic (exact) mass is 617 g/mol. The van der Waals surface area contributed by atoms with Crippen molar-refractivity contribution in [3.05, 3.63) is 186 Å². The number of fused-ring (bicyclic) bond motifs is 3. The molecule has 0 aliphatic heterocycles. The highest BCUT2D eigenvalue weighted by Crippen LogP contribution is 2.54. The Bertz CT molecular complexity index is 2260. The van der Waals surface area contributed by atoms with Gasteiger partial charge in [-0.05, 0) is 99.3 Å². The number of anilines is 3. The highest BCUT2D eigenvalue weighted by molar-refractivity contribution is 5.96. The molecule has 1 aliphatic carbocycles. The molecule has 0 atom stereocenters. The average molecular weight is 618 g/mol. The first kappa shape index (κ1) is 29.7. The van der Waals surface area contributed by atoms with Crippen molar-refractivity contribution in [2.45, 2.75) is 33.1 Å². The maximum atomic E-state index is 2.49. The summed E-state index contributed by atoms with van der Waals surface area (Å²) < 4.78 is 0. The summed E-state index contributed by atoms with van der Waals surface area (Å²) in [6, 6.07) is 59.7. The molecule has 7 aromatic carbocycles. The molecule has 0 N–H and O–H groups in total. The molecule has 0 saturated carbocycles. The molecule has 0 unspecified atom stereocenters. The minimum Gasteiger partial charge on any atom is -0.310 e. The summed E-state index contributed by atoms with van der Waals surface area (Å²) in [6.45, 7) is 9.25. The van der Waals surface area contributed by atoms with Crippen LogP contribution in [0.2, 0.25) is 0 Å². The van der Waals surface area contributed by atoms with Crippen LogP contribution >= 0.6 is 0 Å². The Kier molecular flexibility index (Phi) is 7.34. The fraction of sp³-hybridized carbons (Fsp3) is 0.106. The van der Waals surface area contributed by atoms with Gasteiger partial charge in [0.25, 0.3) is 0 Å². The fourth-order valence-electron chi connectivity index (χ4n) is 7.78. The molecular weight excluding hydrogens is 579 g/mol. The molecule has 7 aromatic rings. The van der Waals surface area contributed by atoms with Crippen LogP contribution < -0.4 is 4.90 Å². The van der Waals surface area contributed by atoms with E-state index in [1.54, 1.807) is 0 Å². The Morgan fingerprint density at radius 1 is 0.375 bits per heavy atom. The minimum absolute atomic E-state index is 0.0867. The van der Waals surface area contributed by atoms with E-state index in [0.717, 1.165) is 5.69 Å². The van der Waals surface area contributed by atoms with Gasteiger partial charge in [-0.15, -0.1) is 0 Å². The van der Waals surface area contributed by atoms with Gasteiger partial charge in [-0.3, -0.25) is 0 Å². The number of hydrogen-bond acceptors (Lipinski definition) is 1. The van der Waals surface area contributed by atoms with E-state index in [9.17, 15) is 0 Å². The van der Waals surface area contributed by atoms with Crippen LogP contribution in [0.15, 0.2) is 164 Å². The molecule has 0 spiro atoms. The molecule has 232 valence electrons. The van der Waals surface area contributed by atoms with E-state index in [2.05, 4.69) is 196 Å². The second-order valence-electron chi connectivity index (χ2n) is 13.4. The van der Waals surface area contributed by atoms with Gasteiger partial charge in [0.1, 0.15) is 0 Å². The lowest BCUT2D eigenvalue weighted by Crippen LogP contribution is -2.16. The molecule has 0 bridgehead atoms. The van der Waals surface area contributed by atoms with Crippen LogP contribution in [0.3, 0.4) is 0 Å². The number of nitrogens with zero attached hydrogens (tertiary/aromatic N) is 1. The molecular formula is C47H39N. The zero-order valence-electron chi connectivity index (χ0n) is 28.0. The van der Waals surface area contributed by atoms with E-state index in [-0.39, 0.29) is 5.41 Å². The lowest BCUT2D eigenvalue weighted by Gasteiger charge is -2.31. The Hall–Kier alpha value is -5.66. The molecule has 1 nitrogen and oxygen atoms in total. The van der Waals surface area contributed by atoms with Crippen molar-refractivity contribution in [2.75, 3.05) is 4.90 Å². The number of hydrogen-bond donors (Lipinski definition) is 0. The van der Waals surface area contributed by atoms with E-state index < -0.39 is 0 Å². The third-order valence-corrected chi connectivity index (χ3v) is 10.3. The van der Waals surface area contributed by atoms with Crippen molar-refractivity contribution in [2.24, 2.45) is 0 Å². The standard InChI is InChI=1S/C47H39N/c1-32-38(36-18-9-6-10-19-36)21-13-22-39(32)40-23-14-26-44(33(40)2)48(37-30-28-35(29-31-37)34-16-7-5-8-17-34)45-27-15-25-43-46(45)41-20-11-12-24-42(41)47(43,3)4/h5-31H,1-4H3. The SMILES string of the molecule is Cc1c(-c2ccccc2)cccc1-c1cccc(N(c2ccc(-c3ccccc3)cc2)c2cccc3c2-c2ccccc2C3(C)C)c1C. The smallest absolute Gasteiger partial charge is 0.0543 e. The molecule has 0 amide bonds. The number of rotatable bonds is 6. The first-order chi connectivity index (χ1) is 23.4. The van der Waals surface area contributed by atoms with Gasteiger partial charge in [0.15, 0.2) is 0 Å². The van der Waals surface area contributed by atoms with Gasteiger partial charge in [0.05, 0.1) is 5.69 Å². The van der Waals surface area contributed by atoms with Crippen molar-refractivity contribution < 1.29 is 0 Å². The third kappa shape index (κ3) is 4.86. The van der Waals surface area contributed by atoms with E-state index in [4.69, 9.17) is 0 Å². The molecule has 0 radical (unpaired) electrons. The lowest BCUT2D eigenvalue weighted by atomic mass is 9.82. The Balaban J connectivity index is 1.34. The van der Waals surface area contributed by atoms with Crippen LogP contribution in [-0.2, 0) is 5.41 Å². The fourth-order valence-corrected chi connectivity index (χ4v) is 7.78. The van der Waals surface area contributed by atoms with E-state index in [1.807, 2.05) is 0 Å². The van der Waals surface area contributed by atoms with Crippen molar-refractivity contribution in [1.82, 2.24) is 0 Å². The highest BCUT2D eigenvalue weighted by Gasteiger charge is 2.37. The molecule has 0 heterocycles. The highest BCUT2D eigenvalue weighted by atomic mass is 15.1. The second kappa shape index (κ2) is 11.9. The van der Waals surface area contributed by atoms with Crippen LogP contribution in [0, 0.1) is 13.8 Å². The zero-order valence-corrected chi connectivity index (χ0v) is 28.0. The van der Waals surface area contributed by atoms with Crippen LogP contribution in [0.25, 0.3) is 44.5 Å². The molecule has 0 aromatic heterocycles. The molecule has 0 fully saturated rings. The Morgan fingerprint density at radius 3 is 1.60 bits per heavy atom. The lowest BCUT2D eigenvalue weighted by molar-refractivity contribution is 0.660. The Morgan fingerprint density at radius 2 is 0.875 bits per heavy atom. The van der Waals surface area contributed by atoms with Crippen molar-refractivity contribution in [3.8, 4) is 44.5 Å². The normalized spacial score (nSPS) is 12.8. The van der Waals surface area contributed by atoms with Gasteiger partial charge in [-0.25, -0.2) is 0 Å². The maximum absolute atomic E-state index is 2.49.